The number of hydrogen-bond donors (Lipinski definition) is 0. The average molecular weight is 515 g/mol. The molecule has 0 bridgehead atoms. The smallest absolute Gasteiger partial charge is 0.275 e. The third-order valence-electron chi connectivity index (χ3n) is 6.37. The van der Waals surface area contributed by atoms with Crippen molar-refractivity contribution < 1.29 is 13.9 Å². The van der Waals surface area contributed by atoms with E-state index in [-0.39, 0.29) is 12.5 Å². The van der Waals surface area contributed by atoms with Gasteiger partial charge in [0.05, 0.1) is 29.8 Å². The number of carbonyl (C=O) groups is 1. The first-order valence-corrected chi connectivity index (χ1v) is 12.4. The summed E-state index contributed by atoms with van der Waals surface area (Å²) in [5.41, 5.74) is 3.06. The van der Waals surface area contributed by atoms with Crippen LogP contribution in [0.3, 0.4) is 0 Å². The van der Waals surface area contributed by atoms with Gasteiger partial charge in [-0.05, 0) is 47.7 Å². The van der Waals surface area contributed by atoms with Gasteiger partial charge in [-0.1, -0.05) is 12.1 Å². The molecule has 0 saturated heterocycles. The number of fused-ring (bicyclic) bond motifs is 2. The number of benzene rings is 3. The molecular weight excluding hydrogens is 491 g/mol. The van der Waals surface area contributed by atoms with Crippen molar-refractivity contribution in [3.63, 3.8) is 0 Å². The number of amides is 1. The Balaban J connectivity index is 1.64. The molecule has 0 unspecified atom stereocenters. The lowest BCUT2D eigenvalue weighted by molar-refractivity contribution is -0.119. The van der Waals surface area contributed by atoms with Gasteiger partial charge in [-0.3, -0.25) is 9.59 Å². The number of nitrogens with zero attached hydrogens (tertiary/aromatic N) is 5. The number of nitriles is 1. The van der Waals surface area contributed by atoms with E-state index in [1.165, 1.54) is 11.8 Å². The molecule has 12 heteroatoms. The lowest BCUT2D eigenvalue weighted by atomic mass is 9.48. The van der Waals surface area contributed by atoms with Crippen molar-refractivity contribution in [2.24, 2.45) is 0 Å². The van der Waals surface area contributed by atoms with Crippen molar-refractivity contribution in [1.82, 2.24) is 14.8 Å². The van der Waals surface area contributed by atoms with Gasteiger partial charge >= 0.3 is 0 Å². The summed E-state index contributed by atoms with van der Waals surface area (Å²) in [6.45, 7) is 1.46. The van der Waals surface area contributed by atoms with E-state index in [1.807, 2.05) is 35.7 Å². The zero-order chi connectivity index (χ0) is 27.9. The number of aromatic nitrogens is 3. The predicted octanol–water partition coefficient (Wildman–Crippen LogP) is 0.937. The summed E-state index contributed by atoms with van der Waals surface area (Å²) >= 11 is 0. The minimum absolute atomic E-state index is 0.304. The first-order chi connectivity index (χ1) is 18.6. The highest BCUT2D eigenvalue weighted by Gasteiger charge is 2.29. The van der Waals surface area contributed by atoms with Gasteiger partial charge in [-0.25, -0.2) is 9.67 Å². The molecule has 0 aliphatic heterocycles. The number of rotatable bonds is 6. The Morgan fingerprint density at radius 1 is 1.13 bits per heavy atom. The molecule has 190 valence electrons. The lowest BCUT2D eigenvalue weighted by Gasteiger charge is -2.36. The Kier molecular flexibility index (Phi) is 6.52. The first-order valence-electron chi connectivity index (χ1n) is 12.4. The fourth-order valence-electron chi connectivity index (χ4n) is 4.72. The molecule has 0 spiro atoms. The number of ether oxygens (including phenoxy) is 1. The van der Waals surface area contributed by atoms with Gasteiger partial charge in [-0.2, -0.15) is 10.4 Å². The molecule has 5 aromatic rings. The Hall–Kier alpha value is -4.78. The van der Waals surface area contributed by atoms with E-state index in [2.05, 4.69) is 16.2 Å². The maximum Gasteiger partial charge on any atom is 0.275 e. The summed E-state index contributed by atoms with van der Waals surface area (Å²) in [4.78, 5) is 33.5. The van der Waals surface area contributed by atoms with Gasteiger partial charge in [-0.15, -0.1) is 0 Å². The van der Waals surface area contributed by atoms with Crippen molar-refractivity contribution in [1.29, 1.82) is 5.26 Å². The highest BCUT2D eigenvalue weighted by atomic mass is 16.5. The zero-order valence-electron chi connectivity index (χ0n) is 22.3. The van der Waals surface area contributed by atoms with Crippen molar-refractivity contribution in [2.75, 3.05) is 12.0 Å². The van der Waals surface area contributed by atoms with Crippen LogP contribution in [0.15, 0.2) is 69.9 Å². The summed E-state index contributed by atoms with van der Waals surface area (Å²) < 4.78 is 12.2. The predicted molar refractivity (Wildman–Crippen MR) is 157 cm³/mol. The third kappa shape index (κ3) is 4.91. The second kappa shape index (κ2) is 9.84. The summed E-state index contributed by atoms with van der Waals surface area (Å²) in [6.07, 6.45) is 0. The van der Waals surface area contributed by atoms with Crippen molar-refractivity contribution in [3.05, 3.63) is 82.5 Å². The summed E-state index contributed by atoms with van der Waals surface area (Å²) in [7, 11) is 7.28. The maximum absolute atomic E-state index is 13.9. The fraction of sp³-hybridized carbons (Fsp3) is 0.148. The molecule has 5 rings (SSSR count). The van der Waals surface area contributed by atoms with Crippen LogP contribution >= 0.6 is 0 Å². The van der Waals surface area contributed by atoms with Crippen LogP contribution in [0.2, 0.25) is 0 Å². The monoisotopic (exact) mass is 515 g/mol. The number of aryl methyl sites for hydroxylation is 1. The van der Waals surface area contributed by atoms with Crippen LogP contribution in [-0.2, 0) is 11.3 Å². The highest BCUT2D eigenvalue weighted by Crippen LogP contribution is 2.29. The summed E-state index contributed by atoms with van der Waals surface area (Å²) in [5.74, 6) is 0.713. The van der Waals surface area contributed by atoms with Crippen LogP contribution in [0.4, 0.5) is 5.69 Å². The van der Waals surface area contributed by atoms with Crippen molar-refractivity contribution >= 4 is 57.0 Å². The average Bonchev–Trinajstić information content (AvgIpc) is 3.28. The number of methoxy groups -OCH3 is 1. The molecule has 0 N–H and O–H groups in total. The Morgan fingerprint density at radius 3 is 2.64 bits per heavy atom. The van der Waals surface area contributed by atoms with E-state index in [0.717, 1.165) is 0 Å². The van der Waals surface area contributed by atoms with E-state index < -0.39 is 10.8 Å². The molecule has 2 aromatic heterocycles. The standard InChI is InChI=1S/C27H24B3N5O4/c1-15-32-22-9-6-18(11-23(22)39-15)35(27(28,29)30)24(36)14-34-26(37)21-12-19(38-2)7-8-20(21)25(33-34)17-5-3-4-16(10-17)13-31/h3-12H,14,28-30H2,1-2H3. The van der Waals surface area contributed by atoms with Crippen molar-refractivity contribution in [3.8, 4) is 23.1 Å². The van der Waals surface area contributed by atoms with Crippen LogP contribution in [0.5, 0.6) is 5.75 Å². The Labute approximate surface area is 227 Å². The minimum Gasteiger partial charge on any atom is -0.497 e. The van der Waals surface area contributed by atoms with E-state index in [0.29, 0.717) is 56.0 Å². The third-order valence-corrected chi connectivity index (χ3v) is 6.37. The van der Waals surface area contributed by atoms with E-state index in [4.69, 9.17) is 9.15 Å². The zero-order valence-corrected chi connectivity index (χ0v) is 22.3. The normalized spacial score (nSPS) is 11.4. The van der Waals surface area contributed by atoms with Gasteiger partial charge < -0.3 is 14.1 Å². The molecule has 1 amide bonds. The molecule has 39 heavy (non-hydrogen) atoms. The fourth-order valence-corrected chi connectivity index (χ4v) is 4.72. The Morgan fingerprint density at radius 2 is 1.92 bits per heavy atom. The molecule has 0 aliphatic rings. The number of carbonyl (C=O) groups excluding carboxylic acids is 1. The second-order valence-electron chi connectivity index (χ2n) is 10.2. The van der Waals surface area contributed by atoms with Gasteiger partial charge in [0.1, 0.15) is 41.3 Å². The molecule has 0 aliphatic carbocycles. The SMILES string of the molecule is BC(B)(B)N(C(=O)Cn1nc(-c2cccc(C#N)c2)c2ccc(OC)cc2c1=O)c1ccc2nc(C)oc2c1. The minimum atomic E-state index is -0.618. The molecule has 9 nitrogen and oxygen atoms in total. The van der Waals surface area contributed by atoms with Gasteiger partial charge in [0.15, 0.2) is 11.5 Å². The lowest BCUT2D eigenvalue weighted by Crippen LogP contribution is -2.55. The van der Waals surface area contributed by atoms with Crippen LogP contribution in [-0.4, -0.2) is 56.6 Å². The number of hydrogen-bond acceptors (Lipinski definition) is 7. The number of oxazole rings is 1. The molecular formula is C27H24B3N5O4. The van der Waals surface area contributed by atoms with Gasteiger partial charge in [0.25, 0.3) is 5.56 Å². The van der Waals surface area contributed by atoms with E-state index in [1.54, 1.807) is 60.4 Å². The van der Waals surface area contributed by atoms with E-state index in [9.17, 15) is 14.9 Å². The van der Waals surface area contributed by atoms with E-state index >= 15 is 0 Å². The molecule has 0 fully saturated rings. The van der Waals surface area contributed by atoms with Crippen LogP contribution < -0.4 is 15.2 Å². The molecule has 0 radical (unpaired) electrons. The van der Waals surface area contributed by atoms with Crippen LogP contribution in [0.25, 0.3) is 33.1 Å². The van der Waals surface area contributed by atoms with Crippen molar-refractivity contribution in [2.45, 2.75) is 18.7 Å². The quantitative estimate of drug-likeness (QED) is 0.310. The highest BCUT2D eigenvalue weighted by molar-refractivity contribution is 6.62. The molecule has 3 aromatic carbocycles. The Bertz CT molecular complexity index is 1850. The van der Waals surface area contributed by atoms with Crippen LogP contribution in [0.1, 0.15) is 11.5 Å². The largest absolute Gasteiger partial charge is 0.497 e. The summed E-state index contributed by atoms with van der Waals surface area (Å²) in [6, 6.07) is 19.7. The first kappa shape index (κ1) is 25.9. The second-order valence-corrected chi connectivity index (χ2v) is 10.2. The molecule has 0 saturated carbocycles. The number of anilines is 1. The molecule has 0 atom stereocenters. The van der Waals surface area contributed by atoms with Crippen LogP contribution in [0, 0.1) is 18.3 Å². The van der Waals surface area contributed by atoms with Gasteiger partial charge in [0.2, 0.25) is 5.91 Å². The maximum atomic E-state index is 13.9. The summed E-state index contributed by atoms with van der Waals surface area (Å²) in [5, 5.41) is 14.4. The molecule has 2 heterocycles. The topological polar surface area (TPSA) is 114 Å². The van der Waals surface area contributed by atoms with Gasteiger partial charge in [0, 0.05) is 29.6 Å².